The predicted molar refractivity (Wildman–Crippen MR) is 16.9 cm³/mol. The summed E-state index contributed by atoms with van der Waals surface area (Å²) in [4.78, 5) is 0. The first-order valence-electron chi connectivity index (χ1n) is 0.493. The number of hydrogen-bond acceptors (Lipinski definition) is 1. The minimum absolute atomic E-state index is 0. The van der Waals surface area contributed by atoms with Crippen LogP contribution in [0.5, 0.6) is 0 Å². The van der Waals surface area contributed by atoms with Gasteiger partial charge in [0.25, 0.3) is 0 Å². The minimum Gasteiger partial charge on any atom is -0.453 e. The summed E-state index contributed by atoms with van der Waals surface area (Å²) in [5.74, 6) is 0. The van der Waals surface area contributed by atoms with Gasteiger partial charge in [-0.15, -0.1) is 0 Å². The molecule has 0 radical (unpaired) electrons. The smallest absolute Gasteiger partial charge is 0.453 e. The minimum atomic E-state index is 0. The van der Waals surface area contributed by atoms with Crippen molar-refractivity contribution in [2.24, 2.45) is 0 Å². The van der Waals surface area contributed by atoms with Crippen LogP contribution in [0.1, 0.15) is 0 Å². The summed E-state index contributed by atoms with van der Waals surface area (Å²) in [5.41, 5.74) is 0. The fourth-order valence-electron chi connectivity index (χ4n) is 0. The molecule has 16 valence electrons. The first kappa shape index (κ1) is 8.85. The second-order valence-corrected chi connectivity index (χ2v) is 0.354. The second kappa shape index (κ2) is 9.12. The summed E-state index contributed by atoms with van der Waals surface area (Å²) in [5, 5.41) is 1.83. The summed E-state index contributed by atoms with van der Waals surface area (Å²) in [7, 11) is 0. The van der Waals surface area contributed by atoms with Gasteiger partial charge in [0.15, 0.2) is 0 Å². The van der Waals surface area contributed by atoms with E-state index in [-0.39, 0.29) is 29.6 Å². The normalized spacial score (nSPS) is 2.00. The number of rotatable bonds is 0. The zero-order valence-corrected chi connectivity index (χ0v) is 5.30. The Morgan fingerprint density at radius 2 is 1.75 bits per heavy atom. The van der Waals surface area contributed by atoms with Crippen molar-refractivity contribution in [1.82, 2.24) is 0 Å². The van der Waals surface area contributed by atoms with Crippen LogP contribution in [-0.4, -0.2) is 5.02 Å². The Bertz CT molecular complexity index is 27.0. The molecule has 0 spiro atoms. The molecule has 0 aliphatic carbocycles. The average Bonchev–Trinajstić information content (AvgIpc) is 0.918. The molecular formula is C2HNaS. The van der Waals surface area contributed by atoms with E-state index in [0.717, 1.165) is 0 Å². The van der Waals surface area contributed by atoms with Crippen molar-refractivity contribution < 1.29 is 29.6 Å². The molecule has 0 fully saturated rings. The van der Waals surface area contributed by atoms with Gasteiger partial charge in [-0.25, -0.2) is 0 Å². The third-order valence-electron chi connectivity index (χ3n) is 0. The van der Waals surface area contributed by atoms with Crippen molar-refractivity contribution in [1.29, 1.82) is 0 Å². The van der Waals surface area contributed by atoms with Gasteiger partial charge in [-0.3, -0.25) is 5.02 Å². The van der Waals surface area contributed by atoms with E-state index in [9.17, 15) is 0 Å². The van der Waals surface area contributed by atoms with Crippen molar-refractivity contribution in [2.45, 2.75) is 0 Å². The van der Waals surface area contributed by atoms with Crippen LogP contribution < -0.4 is 29.6 Å². The van der Waals surface area contributed by atoms with E-state index in [0.29, 0.717) is 0 Å². The fraction of sp³-hybridized carbons (Fsp3) is 0. The van der Waals surface area contributed by atoms with Crippen LogP contribution >= 0.6 is 12.2 Å². The first-order valence-corrected chi connectivity index (χ1v) is 0.901. The van der Waals surface area contributed by atoms with Crippen LogP contribution in [0.25, 0.3) is 0 Å². The molecule has 0 aliphatic rings. The van der Waals surface area contributed by atoms with Crippen LogP contribution in [0.3, 0.4) is 0 Å². The Kier molecular flexibility index (Phi) is 20.2. The molecule has 0 saturated heterocycles. The van der Waals surface area contributed by atoms with Gasteiger partial charge in [-0.05, 0) is 0 Å². The molecule has 0 N–H and O–H groups in total. The maximum absolute atomic E-state index is 4.41. The number of thiocarbonyl (C=S) groups is 1. The summed E-state index contributed by atoms with van der Waals surface area (Å²) in [6.07, 6.45) is 0. The Morgan fingerprint density at radius 3 is 1.75 bits per heavy atom. The van der Waals surface area contributed by atoms with Gasteiger partial charge in [-0.1, -0.05) is 12.2 Å². The van der Waals surface area contributed by atoms with Crippen molar-refractivity contribution in [3.8, 4) is 0 Å². The molecule has 0 heterocycles. The molecule has 0 unspecified atom stereocenters. The van der Waals surface area contributed by atoms with Crippen molar-refractivity contribution in [2.75, 3.05) is 0 Å². The van der Waals surface area contributed by atoms with Crippen LogP contribution in [0, 0.1) is 6.58 Å². The molecule has 0 aromatic carbocycles. The molecule has 0 saturated carbocycles. The largest absolute Gasteiger partial charge is 1.00 e. The van der Waals surface area contributed by atoms with Crippen LogP contribution in [0.15, 0.2) is 0 Å². The maximum atomic E-state index is 4.41. The molecule has 4 heavy (non-hydrogen) atoms. The molecule has 0 atom stereocenters. The van der Waals surface area contributed by atoms with Gasteiger partial charge in [-0.2, -0.15) is 0 Å². The van der Waals surface area contributed by atoms with Crippen molar-refractivity contribution >= 4 is 17.2 Å². The van der Waals surface area contributed by atoms with Crippen LogP contribution in [0.2, 0.25) is 0 Å². The monoisotopic (exact) mass is 80.0 g/mol. The molecule has 0 rings (SSSR count). The zero-order chi connectivity index (χ0) is 2.71. The summed E-state index contributed by atoms with van der Waals surface area (Å²) < 4.78 is 0. The maximum Gasteiger partial charge on any atom is 1.00 e. The molecule has 0 nitrogen and oxygen atoms in total. The van der Waals surface area contributed by atoms with E-state index in [1.165, 1.54) is 0 Å². The molecule has 0 aliphatic heterocycles. The van der Waals surface area contributed by atoms with E-state index >= 15 is 0 Å². The SMILES string of the molecule is [CH-]=C=S.[Na+]. The summed E-state index contributed by atoms with van der Waals surface area (Å²) in [6.45, 7) is 4.41. The molecule has 2 heteroatoms. The Labute approximate surface area is 53.2 Å². The van der Waals surface area contributed by atoms with Crippen molar-refractivity contribution in [3.05, 3.63) is 6.58 Å². The van der Waals surface area contributed by atoms with E-state index < -0.39 is 0 Å². The molecule has 0 amide bonds. The Morgan fingerprint density at radius 1 is 1.75 bits per heavy atom. The van der Waals surface area contributed by atoms with Crippen LogP contribution in [0.4, 0.5) is 0 Å². The summed E-state index contributed by atoms with van der Waals surface area (Å²) >= 11 is 3.92. The van der Waals surface area contributed by atoms with Crippen molar-refractivity contribution in [3.63, 3.8) is 0 Å². The van der Waals surface area contributed by atoms with Gasteiger partial charge in [0.1, 0.15) is 0 Å². The Balaban J connectivity index is 0. The van der Waals surface area contributed by atoms with E-state index in [1.807, 2.05) is 5.02 Å². The van der Waals surface area contributed by atoms with Gasteiger partial charge in [0.2, 0.25) is 0 Å². The average molecular weight is 80.1 g/mol. The van der Waals surface area contributed by atoms with Crippen LogP contribution in [-0.2, 0) is 0 Å². The molecule has 0 aromatic heterocycles. The van der Waals surface area contributed by atoms with E-state index in [4.69, 9.17) is 0 Å². The Hall–Kier alpha value is 0.870. The fourth-order valence-corrected chi connectivity index (χ4v) is 0. The first-order chi connectivity index (χ1) is 1.41. The molecule has 0 bridgehead atoms. The third-order valence-corrected chi connectivity index (χ3v) is 0. The quantitative estimate of drug-likeness (QED) is 0.177. The standard InChI is InChI=1S/C2HS.Na/c1-2-3;/h1H;/q-1;+1. The topological polar surface area (TPSA) is 0 Å². The predicted octanol–water partition coefficient (Wildman–Crippen LogP) is -2.42. The molecular weight excluding hydrogens is 79.1 g/mol. The van der Waals surface area contributed by atoms with Gasteiger partial charge in [0.05, 0.1) is 0 Å². The second-order valence-electron chi connectivity index (χ2n) is 0.118. The molecule has 0 aromatic rings. The van der Waals surface area contributed by atoms with E-state index in [2.05, 4.69) is 18.8 Å². The third kappa shape index (κ3) is 13.3. The zero-order valence-electron chi connectivity index (χ0n) is 2.49. The number of hydrogen-bond donors (Lipinski definition) is 0. The van der Waals surface area contributed by atoms with Gasteiger partial charge < -0.3 is 6.58 Å². The van der Waals surface area contributed by atoms with Gasteiger partial charge in [0, 0.05) is 0 Å². The van der Waals surface area contributed by atoms with E-state index in [1.54, 1.807) is 0 Å². The van der Waals surface area contributed by atoms with Gasteiger partial charge >= 0.3 is 29.6 Å². The summed E-state index contributed by atoms with van der Waals surface area (Å²) in [6, 6.07) is 0.